The smallest absolute Gasteiger partial charge is 0.260 e. The number of nitrogens with one attached hydrogen (secondary N) is 1. The van der Waals surface area contributed by atoms with Crippen LogP contribution in [0.3, 0.4) is 0 Å². The minimum absolute atomic E-state index is 0.00175. The highest BCUT2D eigenvalue weighted by molar-refractivity contribution is 7.99. The van der Waals surface area contributed by atoms with Crippen LogP contribution in [0.2, 0.25) is 0 Å². The summed E-state index contributed by atoms with van der Waals surface area (Å²) in [4.78, 5) is 22.1. The number of H-pyrrole nitrogens is 1. The van der Waals surface area contributed by atoms with Crippen LogP contribution in [0, 0.1) is 12.8 Å². The van der Waals surface area contributed by atoms with Crippen LogP contribution in [0.5, 0.6) is 0 Å². The molecule has 2 aromatic heterocycles. The van der Waals surface area contributed by atoms with Gasteiger partial charge in [0.25, 0.3) is 5.56 Å². The maximum atomic E-state index is 12.5. The molecule has 0 aliphatic heterocycles. The van der Waals surface area contributed by atoms with Crippen molar-refractivity contribution < 1.29 is 4.74 Å². The first-order valence-electron chi connectivity index (χ1n) is 7.70. The number of fused-ring (bicyclic) bond motifs is 1. The monoisotopic (exact) mass is 340 g/mol. The highest BCUT2D eigenvalue weighted by Crippen LogP contribution is 2.30. The lowest BCUT2D eigenvalue weighted by Crippen LogP contribution is -2.11. The topological polar surface area (TPSA) is 55.0 Å². The summed E-state index contributed by atoms with van der Waals surface area (Å²) in [6, 6.07) is 0. The molecular formula is C16H24N2O2S2. The maximum absolute atomic E-state index is 12.5. The van der Waals surface area contributed by atoms with Crippen LogP contribution in [0.1, 0.15) is 37.1 Å². The third kappa shape index (κ3) is 4.12. The van der Waals surface area contributed by atoms with Crippen LogP contribution < -0.4 is 5.56 Å². The van der Waals surface area contributed by atoms with Gasteiger partial charge in [-0.3, -0.25) is 4.79 Å². The van der Waals surface area contributed by atoms with E-state index >= 15 is 0 Å². The van der Waals surface area contributed by atoms with Gasteiger partial charge < -0.3 is 9.72 Å². The molecule has 0 spiro atoms. The first-order valence-corrected chi connectivity index (χ1v) is 9.51. The largest absolute Gasteiger partial charge is 0.385 e. The van der Waals surface area contributed by atoms with E-state index in [9.17, 15) is 4.79 Å². The van der Waals surface area contributed by atoms with Crippen molar-refractivity contribution >= 4 is 33.3 Å². The lowest BCUT2D eigenvalue weighted by molar-refractivity contribution is 0.200. The molecule has 0 saturated carbocycles. The molecule has 1 N–H and O–H groups in total. The number of methoxy groups -OCH3 is 1. The lowest BCUT2D eigenvalue weighted by atomic mass is 9.98. The first kappa shape index (κ1) is 17.5. The Morgan fingerprint density at radius 2 is 2.23 bits per heavy atom. The predicted molar refractivity (Wildman–Crippen MR) is 95.4 cm³/mol. The van der Waals surface area contributed by atoms with E-state index in [2.05, 4.69) is 30.7 Å². The Labute approximate surface area is 139 Å². The Morgan fingerprint density at radius 1 is 1.45 bits per heavy atom. The zero-order chi connectivity index (χ0) is 16.1. The Morgan fingerprint density at radius 3 is 2.91 bits per heavy atom. The summed E-state index contributed by atoms with van der Waals surface area (Å²) in [7, 11) is 1.70. The van der Waals surface area contributed by atoms with Crippen molar-refractivity contribution in [3.63, 3.8) is 0 Å². The first-order chi connectivity index (χ1) is 10.6. The number of nitrogens with zero attached hydrogens (tertiary/aromatic N) is 1. The minimum Gasteiger partial charge on any atom is -0.385 e. The van der Waals surface area contributed by atoms with E-state index in [0.29, 0.717) is 11.1 Å². The second-order valence-corrected chi connectivity index (χ2v) is 7.89. The fraction of sp³-hybridized carbons (Fsp3) is 0.625. The molecule has 1 atom stereocenters. The van der Waals surface area contributed by atoms with Crippen molar-refractivity contribution in [2.75, 3.05) is 19.5 Å². The highest BCUT2D eigenvalue weighted by Gasteiger charge is 2.16. The molecule has 0 saturated heterocycles. The molecule has 2 rings (SSSR count). The standard InChI is InChI=1S/C16H24N2O2S2/c1-5-10(2)9-12-11(3)22-15-13(12)14(19)17-16(18-15)21-8-6-7-20-4/h10H,5-9H2,1-4H3,(H,17,18,19). The molecule has 0 aliphatic rings. The molecule has 1 unspecified atom stereocenters. The summed E-state index contributed by atoms with van der Waals surface area (Å²) in [6.07, 6.45) is 3.02. The number of aromatic nitrogens is 2. The molecule has 0 bridgehead atoms. The number of aromatic amines is 1. The van der Waals surface area contributed by atoms with Gasteiger partial charge in [0.05, 0.1) is 5.39 Å². The second kappa shape index (κ2) is 8.13. The molecule has 0 aliphatic carbocycles. The number of ether oxygens (including phenoxy) is 1. The fourth-order valence-electron chi connectivity index (χ4n) is 2.33. The molecule has 0 fully saturated rings. The van der Waals surface area contributed by atoms with Gasteiger partial charge in [-0.2, -0.15) is 0 Å². The average molecular weight is 341 g/mol. The van der Waals surface area contributed by atoms with E-state index in [1.807, 2.05) is 0 Å². The third-order valence-electron chi connectivity index (χ3n) is 3.82. The van der Waals surface area contributed by atoms with Crippen molar-refractivity contribution in [2.45, 2.75) is 45.2 Å². The number of thiophene rings is 1. The average Bonchev–Trinajstić information content (AvgIpc) is 2.80. The van der Waals surface area contributed by atoms with Crippen LogP contribution >= 0.6 is 23.1 Å². The van der Waals surface area contributed by atoms with E-state index in [1.165, 1.54) is 10.4 Å². The zero-order valence-corrected chi connectivity index (χ0v) is 15.3. The summed E-state index contributed by atoms with van der Waals surface area (Å²) in [5.41, 5.74) is 1.18. The van der Waals surface area contributed by atoms with E-state index in [1.54, 1.807) is 30.2 Å². The number of hydrogen-bond acceptors (Lipinski definition) is 5. The third-order valence-corrected chi connectivity index (χ3v) is 5.82. The van der Waals surface area contributed by atoms with Crippen LogP contribution in [0.15, 0.2) is 9.95 Å². The maximum Gasteiger partial charge on any atom is 0.260 e. The molecular weight excluding hydrogens is 316 g/mol. The molecule has 0 aromatic carbocycles. The predicted octanol–water partition coefficient (Wildman–Crippen LogP) is 4.01. The van der Waals surface area contributed by atoms with Gasteiger partial charge in [-0.1, -0.05) is 32.0 Å². The second-order valence-electron chi connectivity index (χ2n) is 5.60. The molecule has 122 valence electrons. The van der Waals surface area contributed by atoms with Crippen LogP contribution in [0.25, 0.3) is 10.2 Å². The molecule has 6 heteroatoms. The SMILES string of the molecule is CCC(C)Cc1c(C)sc2nc(SCCCOC)[nH]c(=O)c12. The summed E-state index contributed by atoms with van der Waals surface area (Å²) in [6.45, 7) is 7.24. The lowest BCUT2D eigenvalue weighted by Gasteiger charge is -2.08. The van der Waals surface area contributed by atoms with Crippen molar-refractivity contribution in [3.05, 3.63) is 20.8 Å². The summed E-state index contributed by atoms with van der Waals surface area (Å²) in [5.74, 6) is 1.48. The molecule has 4 nitrogen and oxygen atoms in total. The summed E-state index contributed by atoms with van der Waals surface area (Å²) < 4.78 is 5.04. The Hall–Kier alpha value is -0.850. The molecule has 0 amide bonds. The van der Waals surface area contributed by atoms with E-state index < -0.39 is 0 Å². The fourth-order valence-corrected chi connectivity index (χ4v) is 4.22. The molecule has 2 aromatic rings. The Balaban J connectivity index is 2.27. The van der Waals surface area contributed by atoms with Gasteiger partial charge in [-0.05, 0) is 31.2 Å². The molecule has 2 heterocycles. The highest BCUT2D eigenvalue weighted by atomic mass is 32.2. The van der Waals surface area contributed by atoms with Gasteiger partial charge in [0.1, 0.15) is 4.83 Å². The van der Waals surface area contributed by atoms with Gasteiger partial charge in [0.2, 0.25) is 0 Å². The summed E-state index contributed by atoms with van der Waals surface area (Å²) >= 11 is 3.22. The number of rotatable bonds is 8. The van der Waals surface area contributed by atoms with E-state index in [4.69, 9.17) is 4.74 Å². The Kier molecular flexibility index (Phi) is 6.47. The van der Waals surface area contributed by atoms with Gasteiger partial charge in [0, 0.05) is 24.3 Å². The molecule has 22 heavy (non-hydrogen) atoms. The number of hydrogen-bond donors (Lipinski definition) is 1. The van der Waals surface area contributed by atoms with Crippen LogP contribution in [0.4, 0.5) is 0 Å². The normalized spacial score (nSPS) is 12.9. The van der Waals surface area contributed by atoms with Gasteiger partial charge in [-0.15, -0.1) is 11.3 Å². The zero-order valence-electron chi connectivity index (χ0n) is 13.7. The van der Waals surface area contributed by atoms with Crippen molar-refractivity contribution in [2.24, 2.45) is 5.92 Å². The van der Waals surface area contributed by atoms with E-state index in [0.717, 1.165) is 41.8 Å². The number of thioether (sulfide) groups is 1. The number of aryl methyl sites for hydroxylation is 1. The van der Waals surface area contributed by atoms with Crippen molar-refractivity contribution in [3.8, 4) is 0 Å². The van der Waals surface area contributed by atoms with Gasteiger partial charge in [0.15, 0.2) is 5.16 Å². The summed E-state index contributed by atoms with van der Waals surface area (Å²) in [5, 5.41) is 1.51. The Bertz CT molecular complexity index is 679. The van der Waals surface area contributed by atoms with Crippen LogP contribution in [-0.2, 0) is 11.2 Å². The van der Waals surface area contributed by atoms with Gasteiger partial charge in [-0.25, -0.2) is 4.98 Å². The van der Waals surface area contributed by atoms with Crippen molar-refractivity contribution in [1.82, 2.24) is 9.97 Å². The quantitative estimate of drug-likeness (QED) is 0.448. The van der Waals surface area contributed by atoms with Gasteiger partial charge >= 0.3 is 0 Å². The molecule has 0 radical (unpaired) electrons. The minimum atomic E-state index is 0.00175. The van der Waals surface area contributed by atoms with Crippen LogP contribution in [-0.4, -0.2) is 29.4 Å². The van der Waals surface area contributed by atoms with Crippen molar-refractivity contribution in [1.29, 1.82) is 0 Å². The van der Waals surface area contributed by atoms with E-state index in [-0.39, 0.29) is 5.56 Å².